The fourth-order valence-corrected chi connectivity index (χ4v) is 1.80. The van der Waals surface area contributed by atoms with Crippen molar-refractivity contribution in [3.8, 4) is 5.75 Å². The van der Waals surface area contributed by atoms with Crippen molar-refractivity contribution in [3.05, 3.63) is 34.3 Å². The quantitative estimate of drug-likeness (QED) is 0.900. The van der Waals surface area contributed by atoms with Crippen molar-refractivity contribution in [2.24, 2.45) is 0 Å². The van der Waals surface area contributed by atoms with Gasteiger partial charge in [-0.15, -0.1) is 0 Å². The average molecular weight is 342 g/mol. The van der Waals surface area contributed by atoms with E-state index in [0.29, 0.717) is 6.54 Å². The van der Waals surface area contributed by atoms with Crippen LogP contribution in [0, 0.1) is 0 Å². The lowest BCUT2D eigenvalue weighted by Gasteiger charge is -2.19. The summed E-state index contributed by atoms with van der Waals surface area (Å²) in [5.41, 5.74) is 0.499. The molecule has 5 heteroatoms. The minimum Gasteiger partial charge on any atom is -0.497 e. The molecule has 0 saturated heterocycles. The fraction of sp³-hybridized carbons (Fsp3) is 0.400. The third kappa shape index (κ3) is 6.10. The molecule has 0 bridgehead atoms. The third-order valence-corrected chi connectivity index (χ3v) is 2.99. The van der Waals surface area contributed by atoms with Crippen LogP contribution >= 0.6 is 15.9 Å². The molecule has 0 aliphatic heterocycles. The van der Waals surface area contributed by atoms with Gasteiger partial charge in [-0.2, -0.15) is 0 Å². The van der Waals surface area contributed by atoms with E-state index in [1.54, 1.807) is 7.11 Å². The summed E-state index contributed by atoms with van der Waals surface area (Å²) in [4.78, 5) is 11.4. The molecule has 4 nitrogen and oxygen atoms in total. The number of methoxy groups -OCH3 is 1. The monoisotopic (exact) mass is 341 g/mol. The molecular formula is C15H20BrNO3. The average Bonchev–Trinajstić information content (AvgIpc) is 2.34. The van der Waals surface area contributed by atoms with Crippen LogP contribution in [0.2, 0.25) is 0 Å². The van der Waals surface area contributed by atoms with Gasteiger partial charge in [-0.1, -0.05) is 28.1 Å². The Kier molecular flexibility index (Phi) is 6.07. The Labute approximate surface area is 128 Å². The second kappa shape index (κ2) is 7.33. The lowest BCUT2D eigenvalue weighted by molar-refractivity contribution is 0.0534. The van der Waals surface area contributed by atoms with Crippen LogP contribution in [0.1, 0.15) is 26.3 Å². The number of alkyl carbamates (subject to hydrolysis) is 1. The van der Waals surface area contributed by atoms with E-state index in [1.807, 2.05) is 51.1 Å². The first-order valence-corrected chi connectivity index (χ1v) is 7.08. The van der Waals surface area contributed by atoms with Crippen LogP contribution in [-0.2, 0) is 4.74 Å². The molecule has 0 atom stereocenters. The Balaban J connectivity index is 2.51. The summed E-state index contributed by atoms with van der Waals surface area (Å²) in [5, 5.41) is 2.66. The van der Waals surface area contributed by atoms with Crippen LogP contribution in [0.15, 0.2) is 28.7 Å². The van der Waals surface area contributed by atoms with Gasteiger partial charge in [-0.3, -0.25) is 0 Å². The largest absolute Gasteiger partial charge is 0.497 e. The van der Waals surface area contributed by atoms with E-state index in [0.717, 1.165) is 15.8 Å². The maximum atomic E-state index is 11.4. The highest BCUT2D eigenvalue weighted by atomic mass is 79.9. The summed E-state index contributed by atoms with van der Waals surface area (Å²) >= 11 is 3.46. The second-order valence-corrected chi connectivity index (χ2v) is 6.03. The zero-order valence-corrected chi connectivity index (χ0v) is 13.8. The van der Waals surface area contributed by atoms with E-state index in [4.69, 9.17) is 9.47 Å². The zero-order valence-electron chi connectivity index (χ0n) is 12.2. The van der Waals surface area contributed by atoms with Crippen molar-refractivity contribution in [2.75, 3.05) is 13.7 Å². The predicted octanol–water partition coefficient (Wildman–Crippen LogP) is 4.00. The van der Waals surface area contributed by atoms with Gasteiger partial charge >= 0.3 is 6.09 Å². The minimum absolute atomic E-state index is 0.401. The predicted molar refractivity (Wildman–Crippen MR) is 84.0 cm³/mol. The number of carbonyl (C=O) groups is 1. The van der Waals surface area contributed by atoms with Crippen LogP contribution in [0.25, 0.3) is 6.08 Å². The molecule has 110 valence electrons. The SMILES string of the molecule is COc1ccc(Br)c(C=CCNC(=O)OC(C)(C)C)c1. The van der Waals surface area contributed by atoms with Crippen LogP contribution in [0.4, 0.5) is 4.79 Å². The van der Waals surface area contributed by atoms with E-state index < -0.39 is 11.7 Å². The first kappa shape index (κ1) is 16.6. The molecule has 1 amide bonds. The Hall–Kier alpha value is -1.49. The number of benzene rings is 1. The maximum Gasteiger partial charge on any atom is 0.407 e. The molecule has 0 saturated carbocycles. The van der Waals surface area contributed by atoms with Crippen LogP contribution in [0.3, 0.4) is 0 Å². The zero-order chi connectivity index (χ0) is 15.2. The van der Waals surface area contributed by atoms with E-state index in [-0.39, 0.29) is 0 Å². The standard InChI is InChI=1S/C15H20BrNO3/c1-15(2,3)20-14(18)17-9-5-6-11-10-12(19-4)7-8-13(11)16/h5-8,10H,9H2,1-4H3,(H,17,18). The smallest absolute Gasteiger partial charge is 0.407 e. The van der Waals surface area contributed by atoms with Gasteiger partial charge in [-0.05, 0) is 44.5 Å². The summed E-state index contributed by atoms with van der Waals surface area (Å²) in [7, 11) is 1.63. The van der Waals surface area contributed by atoms with Gasteiger partial charge in [0.15, 0.2) is 0 Å². The van der Waals surface area contributed by atoms with Crippen molar-refractivity contribution in [3.63, 3.8) is 0 Å². The molecule has 20 heavy (non-hydrogen) atoms. The normalized spacial score (nSPS) is 11.4. The number of amides is 1. The lowest BCUT2D eigenvalue weighted by atomic mass is 10.2. The Morgan fingerprint density at radius 1 is 1.40 bits per heavy atom. The molecule has 0 aromatic heterocycles. The van der Waals surface area contributed by atoms with Gasteiger partial charge in [-0.25, -0.2) is 4.79 Å². The molecule has 1 aromatic rings. The molecular weight excluding hydrogens is 322 g/mol. The first-order valence-electron chi connectivity index (χ1n) is 6.29. The highest BCUT2D eigenvalue weighted by molar-refractivity contribution is 9.10. The summed E-state index contributed by atoms with van der Waals surface area (Å²) < 4.78 is 11.3. The number of hydrogen-bond donors (Lipinski definition) is 1. The highest BCUT2D eigenvalue weighted by Crippen LogP contribution is 2.23. The van der Waals surface area contributed by atoms with Crippen molar-refractivity contribution in [1.29, 1.82) is 0 Å². The first-order chi connectivity index (χ1) is 9.31. The molecule has 1 aromatic carbocycles. The topological polar surface area (TPSA) is 47.6 Å². The van der Waals surface area contributed by atoms with Crippen molar-refractivity contribution in [1.82, 2.24) is 5.32 Å². The van der Waals surface area contributed by atoms with Crippen LogP contribution < -0.4 is 10.1 Å². The Morgan fingerprint density at radius 2 is 2.10 bits per heavy atom. The summed E-state index contributed by atoms with van der Waals surface area (Å²) in [6, 6.07) is 5.70. The highest BCUT2D eigenvalue weighted by Gasteiger charge is 2.14. The summed E-state index contributed by atoms with van der Waals surface area (Å²) in [6.07, 6.45) is 3.33. The number of rotatable bonds is 4. The van der Waals surface area contributed by atoms with E-state index in [1.165, 1.54) is 0 Å². The van der Waals surface area contributed by atoms with Crippen molar-refractivity contribution in [2.45, 2.75) is 26.4 Å². The van der Waals surface area contributed by atoms with Crippen molar-refractivity contribution < 1.29 is 14.3 Å². The minimum atomic E-state index is -0.483. The Bertz CT molecular complexity index is 492. The fourth-order valence-electron chi connectivity index (χ4n) is 1.42. The van der Waals surface area contributed by atoms with Gasteiger partial charge in [0.2, 0.25) is 0 Å². The van der Waals surface area contributed by atoms with Crippen LogP contribution in [0.5, 0.6) is 5.75 Å². The molecule has 0 fully saturated rings. The molecule has 0 aliphatic rings. The van der Waals surface area contributed by atoms with Gasteiger partial charge in [0.05, 0.1) is 7.11 Å². The number of hydrogen-bond acceptors (Lipinski definition) is 3. The molecule has 0 spiro atoms. The lowest BCUT2D eigenvalue weighted by Crippen LogP contribution is -2.32. The molecule has 0 unspecified atom stereocenters. The number of nitrogens with one attached hydrogen (secondary N) is 1. The van der Waals surface area contributed by atoms with Gasteiger partial charge in [0.25, 0.3) is 0 Å². The molecule has 1 N–H and O–H groups in total. The summed E-state index contributed by atoms with van der Waals surface area (Å²) in [5.74, 6) is 0.785. The molecule has 0 heterocycles. The number of ether oxygens (including phenoxy) is 2. The van der Waals surface area contributed by atoms with E-state index >= 15 is 0 Å². The Morgan fingerprint density at radius 3 is 2.70 bits per heavy atom. The number of carbonyl (C=O) groups excluding carboxylic acids is 1. The van der Waals surface area contributed by atoms with E-state index in [2.05, 4.69) is 21.2 Å². The number of halogens is 1. The summed E-state index contributed by atoms with van der Waals surface area (Å²) in [6.45, 7) is 5.89. The molecule has 0 radical (unpaired) electrons. The van der Waals surface area contributed by atoms with Crippen LogP contribution in [-0.4, -0.2) is 25.3 Å². The van der Waals surface area contributed by atoms with E-state index in [9.17, 15) is 4.79 Å². The van der Waals surface area contributed by atoms with Crippen molar-refractivity contribution >= 4 is 28.1 Å². The van der Waals surface area contributed by atoms with Gasteiger partial charge in [0.1, 0.15) is 11.4 Å². The molecule has 1 rings (SSSR count). The molecule has 0 aliphatic carbocycles. The third-order valence-electron chi connectivity index (χ3n) is 2.26. The van der Waals surface area contributed by atoms with Gasteiger partial charge < -0.3 is 14.8 Å². The van der Waals surface area contributed by atoms with Gasteiger partial charge in [0, 0.05) is 11.0 Å². The second-order valence-electron chi connectivity index (χ2n) is 5.17. The maximum absolute atomic E-state index is 11.4.